The zero-order chi connectivity index (χ0) is 15.3. The number of benzene rings is 1. The van der Waals surface area contributed by atoms with E-state index in [1.165, 1.54) is 25.7 Å². The largest absolute Gasteiger partial charge is 0.385 e. The molecule has 4 heteroatoms. The van der Waals surface area contributed by atoms with Crippen LogP contribution in [0.2, 0.25) is 0 Å². The van der Waals surface area contributed by atoms with Crippen molar-refractivity contribution in [1.82, 2.24) is 5.32 Å². The molecule has 116 valence electrons. The van der Waals surface area contributed by atoms with Gasteiger partial charge < -0.3 is 10.6 Å². The van der Waals surface area contributed by atoms with Crippen LogP contribution in [0.15, 0.2) is 18.2 Å². The van der Waals surface area contributed by atoms with Gasteiger partial charge in [-0.15, -0.1) is 0 Å². The number of carbonyl (C=O) groups is 1. The average molecular weight is 306 g/mol. The maximum absolute atomic E-state index is 12.3. The highest BCUT2D eigenvalue weighted by Crippen LogP contribution is 2.39. The number of hydrogen-bond donors (Lipinski definition) is 2. The van der Waals surface area contributed by atoms with E-state index in [9.17, 15) is 4.79 Å². The fourth-order valence-corrected chi connectivity index (χ4v) is 3.92. The Morgan fingerprint density at radius 3 is 2.62 bits per heavy atom. The van der Waals surface area contributed by atoms with Crippen LogP contribution >= 0.6 is 11.8 Å². The second kappa shape index (κ2) is 7.21. The van der Waals surface area contributed by atoms with Gasteiger partial charge in [-0.25, -0.2) is 0 Å². The standard InChI is InChI=1S/C17H26N2OS/c1-4-18-15-8-7-14(11-13(15)2)16(20)19-12-17(21-3)9-5-6-10-17/h7-8,11,18H,4-6,9-10,12H2,1-3H3,(H,19,20). The molecule has 21 heavy (non-hydrogen) atoms. The summed E-state index contributed by atoms with van der Waals surface area (Å²) in [6.07, 6.45) is 7.16. The van der Waals surface area contributed by atoms with Gasteiger partial charge >= 0.3 is 0 Å². The minimum Gasteiger partial charge on any atom is -0.385 e. The Morgan fingerprint density at radius 1 is 1.33 bits per heavy atom. The normalized spacial score (nSPS) is 16.7. The summed E-state index contributed by atoms with van der Waals surface area (Å²) < 4.78 is 0.258. The van der Waals surface area contributed by atoms with Crippen LogP contribution in [0.3, 0.4) is 0 Å². The second-order valence-electron chi connectivity index (χ2n) is 5.84. The van der Waals surface area contributed by atoms with Crippen molar-refractivity contribution in [1.29, 1.82) is 0 Å². The molecule has 0 aliphatic heterocycles. The van der Waals surface area contributed by atoms with Crippen LogP contribution in [0.25, 0.3) is 0 Å². The van der Waals surface area contributed by atoms with Crippen LogP contribution in [0.4, 0.5) is 5.69 Å². The van der Waals surface area contributed by atoms with Gasteiger partial charge in [0.1, 0.15) is 0 Å². The number of hydrogen-bond acceptors (Lipinski definition) is 3. The van der Waals surface area contributed by atoms with Crippen molar-refractivity contribution >= 4 is 23.4 Å². The smallest absolute Gasteiger partial charge is 0.251 e. The molecule has 0 aromatic heterocycles. The Kier molecular flexibility index (Phi) is 5.57. The van der Waals surface area contributed by atoms with Crippen LogP contribution in [0.5, 0.6) is 0 Å². The first-order valence-electron chi connectivity index (χ1n) is 7.78. The summed E-state index contributed by atoms with van der Waals surface area (Å²) in [4.78, 5) is 12.3. The van der Waals surface area contributed by atoms with Crippen molar-refractivity contribution in [2.75, 3.05) is 24.7 Å². The summed E-state index contributed by atoms with van der Waals surface area (Å²) in [5.74, 6) is 0.0430. The molecule has 2 N–H and O–H groups in total. The predicted octanol–water partition coefficient (Wildman–Crippen LogP) is 3.83. The van der Waals surface area contributed by atoms with E-state index in [2.05, 4.69) is 23.8 Å². The first-order valence-corrected chi connectivity index (χ1v) is 9.00. The van der Waals surface area contributed by atoms with Crippen molar-refractivity contribution in [3.8, 4) is 0 Å². The van der Waals surface area contributed by atoms with Gasteiger partial charge in [0.2, 0.25) is 0 Å². The highest BCUT2D eigenvalue weighted by Gasteiger charge is 2.33. The average Bonchev–Trinajstić information content (AvgIpc) is 2.96. The second-order valence-corrected chi connectivity index (χ2v) is 7.11. The van der Waals surface area contributed by atoms with Gasteiger partial charge in [-0.3, -0.25) is 4.79 Å². The summed E-state index contributed by atoms with van der Waals surface area (Å²) in [7, 11) is 0. The van der Waals surface area contributed by atoms with E-state index in [1.807, 2.05) is 36.9 Å². The predicted molar refractivity (Wildman–Crippen MR) is 92.4 cm³/mol. The molecule has 0 heterocycles. The van der Waals surface area contributed by atoms with E-state index < -0.39 is 0 Å². The lowest BCUT2D eigenvalue weighted by molar-refractivity contribution is 0.0949. The molecule has 0 spiro atoms. The van der Waals surface area contributed by atoms with E-state index in [0.29, 0.717) is 0 Å². The SMILES string of the molecule is CCNc1ccc(C(=O)NCC2(SC)CCCC2)cc1C. The molecular weight excluding hydrogens is 280 g/mol. The molecule has 0 saturated heterocycles. The van der Waals surface area contributed by atoms with Gasteiger partial charge in [0.15, 0.2) is 0 Å². The lowest BCUT2D eigenvalue weighted by Crippen LogP contribution is -2.38. The van der Waals surface area contributed by atoms with Crippen molar-refractivity contribution < 1.29 is 4.79 Å². The van der Waals surface area contributed by atoms with Crippen molar-refractivity contribution in [2.45, 2.75) is 44.3 Å². The minimum atomic E-state index is 0.0430. The molecule has 1 aliphatic rings. The fraction of sp³-hybridized carbons (Fsp3) is 0.588. The first kappa shape index (κ1) is 16.2. The lowest BCUT2D eigenvalue weighted by atomic mass is 10.1. The summed E-state index contributed by atoms with van der Waals surface area (Å²) in [5.41, 5.74) is 2.97. The molecule has 0 radical (unpaired) electrons. The number of amides is 1. The molecule has 1 aromatic carbocycles. The van der Waals surface area contributed by atoms with Crippen molar-refractivity contribution in [3.63, 3.8) is 0 Å². The Bertz CT molecular complexity index is 496. The summed E-state index contributed by atoms with van der Waals surface area (Å²) in [5, 5.41) is 6.43. The monoisotopic (exact) mass is 306 g/mol. The maximum atomic E-state index is 12.3. The highest BCUT2D eigenvalue weighted by molar-refractivity contribution is 8.00. The van der Waals surface area contributed by atoms with E-state index in [-0.39, 0.29) is 10.7 Å². The molecule has 3 nitrogen and oxygen atoms in total. The summed E-state index contributed by atoms with van der Waals surface area (Å²) in [6, 6.07) is 5.86. The highest BCUT2D eigenvalue weighted by atomic mass is 32.2. The molecular formula is C17H26N2OS. The van der Waals surface area contributed by atoms with Crippen LogP contribution < -0.4 is 10.6 Å². The minimum absolute atomic E-state index is 0.0430. The lowest BCUT2D eigenvalue weighted by Gasteiger charge is -2.27. The van der Waals surface area contributed by atoms with E-state index >= 15 is 0 Å². The number of anilines is 1. The molecule has 1 fully saturated rings. The quantitative estimate of drug-likeness (QED) is 0.839. The van der Waals surface area contributed by atoms with Crippen LogP contribution in [0, 0.1) is 6.92 Å². The fourth-order valence-electron chi connectivity index (χ4n) is 3.01. The van der Waals surface area contributed by atoms with Crippen LogP contribution in [-0.4, -0.2) is 30.0 Å². The van der Waals surface area contributed by atoms with Gasteiger partial charge in [-0.05, 0) is 56.7 Å². The van der Waals surface area contributed by atoms with Crippen molar-refractivity contribution in [2.24, 2.45) is 0 Å². The van der Waals surface area contributed by atoms with Crippen LogP contribution in [0.1, 0.15) is 48.5 Å². The molecule has 1 saturated carbocycles. The van der Waals surface area contributed by atoms with E-state index in [1.54, 1.807) is 0 Å². The molecule has 2 rings (SSSR count). The van der Waals surface area contributed by atoms with E-state index in [4.69, 9.17) is 0 Å². The van der Waals surface area contributed by atoms with Gasteiger partial charge in [0.25, 0.3) is 5.91 Å². The molecule has 1 amide bonds. The summed E-state index contributed by atoms with van der Waals surface area (Å²) in [6.45, 7) is 5.78. The Hall–Kier alpha value is -1.16. The van der Waals surface area contributed by atoms with Gasteiger partial charge in [-0.2, -0.15) is 11.8 Å². The molecule has 0 atom stereocenters. The number of thioether (sulfide) groups is 1. The van der Waals surface area contributed by atoms with Gasteiger partial charge in [0.05, 0.1) is 0 Å². The number of carbonyl (C=O) groups excluding carboxylic acids is 1. The summed E-state index contributed by atoms with van der Waals surface area (Å²) >= 11 is 1.90. The molecule has 0 bridgehead atoms. The van der Waals surface area contributed by atoms with Crippen molar-refractivity contribution in [3.05, 3.63) is 29.3 Å². The number of rotatable bonds is 6. The van der Waals surface area contributed by atoms with Crippen LogP contribution in [-0.2, 0) is 0 Å². The maximum Gasteiger partial charge on any atom is 0.251 e. The zero-order valence-electron chi connectivity index (χ0n) is 13.3. The number of aryl methyl sites for hydroxylation is 1. The van der Waals surface area contributed by atoms with Gasteiger partial charge in [0, 0.05) is 29.1 Å². The topological polar surface area (TPSA) is 41.1 Å². The Balaban J connectivity index is 1.98. The van der Waals surface area contributed by atoms with Gasteiger partial charge in [-0.1, -0.05) is 12.8 Å². The third-order valence-corrected chi connectivity index (χ3v) is 5.79. The molecule has 0 unspecified atom stereocenters. The third kappa shape index (κ3) is 3.94. The Morgan fingerprint density at radius 2 is 2.05 bits per heavy atom. The zero-order valence-corrected chi connectivity index (χ0v) is 14.1. The first-order chi connectivity index (χ1) is 10.1. The van der Waals surface area contributed by atoms with E-state index in [0.717, 1.165) is 29.9 Å². The molecule has 1 aromatic rings. The Labute approximate surface area is 132 Å². The number of nitrogens with one attached hydrogen (secondary N) is 2. The molecule has 1 aliphatic carbocycles. The third-order valence-electron chi connectivity index (χ3n) is 4.37.